The molecule has 2 aliphatic rings. The van der Waals surface area contributed by atoms with Crippen LogP contribution in [-0.4, -0.2) is 59.9 Å². The number of ether oxygens (including phenoxy) is 1. The van der Waals surface area contributed by atoms with Crippen LogP contribution >= 0.6 is 11.6 Å². The molecule has 2 aliphatic heterocycles. The molecule has 6 nitrogen and oxygen atoms in total. The van der Waals surface area contributed by atoms with E-state index in [9.17, 15) is 14.7 Å². The summed E-state index contributed by atoms with van der Waals surface area (Å²) in [5.41, 5.74) is 2.23. The standard InChI is InChI=1S/C24H25ClN2O4/c1-14-11-17-12-16(7-8-19(17)31-14)22(28)20-21(15-5-4-6-18(25)13-15)27(10-9-26(2)3)24(30)23(20)29/h4-8,12-14,21,28H,9-11H2,1-3H3/t14-,21-/m1/s1. The number of carbonyl (C=O) groups excluding carboxylic acids is 2. The molecule has 2 aromatic rings. The molecule has 0 saturated carbocycles. The van der Waals surface area contributed by atoms with Crippen molar-refractivity contribution in [1.82, 2.24) is 9.80 Å². The summed E-state index contributed by atoms with van der Waals surface area (Å²) in [5.74, 6) is -0.710. The molecular weight excluding hydrogens is 416 g/mol. The zero-order valence-corrected chi connectivity index (χ0v) is 18.5. The molecule has 7 heteroatoms. The minimum Gasteiger partial charge on any atom is -0.507 e. The highest BCUT2D eigenvalue weighted by atomic mass is 35.5. The Bertz CT molecular complexity index is 1080. The topological polar surface area (TPSA) is 70.1 Å². The molecule has 0 aliphatic carbocycles. The number of Topliss-reactive ketones (excluding diaryl/α,β-unsaturated/α-hetero) is 1. The van der Waals surface area contributed by atoms with Gasteiger partial charge in [0.2, 0.25) is 0 Å². The largest absolute Gasteiger partial charge is 0.507 e. The van der Waals surface area contributed by atoms with Gasteiger partial charge in [-0.1, -0.05) is 23.7 Å². The van der Waals surface area contributed by atoms with Gasteiger partial charge in [0.05, 0.1) is 11.6 Å². The Morgan fingerprint density at radius 2 is 2.00 bits per heavy atom. The highest BCUT2D eigenvalue weighted by Crippen LogP contribution is 2.41. The minimum atomic E-state index is -0.706. The van der Waals surface area contributed by atoms with E-state index in [2.05, 4.69) is 0 Å². The van der Waals surface area contributed by atoms with Crippen LogP contribution < -0.4 is 4.74 Å². The number of ketones is 1. The molecule has 2 aromatic carbocycles. The average molecular weight is 441 g/mol. The van der Waals surface area contributed by atoms with Gasteiger partial charge in [-0.2, -0.15) is 0 Å². The maximum atomic E-state index is 13.0. The Morgan fingerprint density at radius 1 is 1.23 bits per heavy atom. The van der Waals surface area contributed by atoms with Crippen LogP contribution in [-0.2, 0) is 16.0 Å². The number of likely N-dealkylation sites (N-methyl/N-ethyl adjacent to an activating group) is 1. The molecule has 0 spiro atoms. The van der Waals surface area contributed by atoms with Crippen molar-refractivity contribution in [2.75, 3.05) is 27.2 Å². The van der Waals surface area contributed by atoms with Crippen LogP contribution in [0.15, 0.2) is 48.0 Å². The summed E-state index contributed by atoms with van der Waals surface area (Å²) in [7, 11) is 3.80. The molecule has 0 aromatic heterocycles. The number of rotatable bonds is 5. The van der Waals surface area contributed by atoms with Gasteiger partial charge in [-0.3, -0.25) is 9.59 Å². The van der Waals surface area contributed by atoms with E-state index in [0.29, 0.717) is 29.2 Å². The molecule has 1 saturated heterocycles. The smallest absolute Gasteiger partial charge is 0.295 e. The zero-order valence-electron chi connectivity index (χ0n) is 17.8. The maximum absolute atomic E-state index is 13.0. The monoisotopic (exact) mass is 440 g/mol. The van der Waals surface area contributed by atoms with Gasteiger partial charge in [0.1, 0.15) is 17.6 Å². The molecule has 0 bridgehead atoms. The lowest BCUT2D eigenvalue weighted by Crippen LogP contribution is -2.35. The van der Waals surface area contributed by atoms with Gasteiger partial charge in [0.15, 0.2) is 0 Å². The Balaban J connectivity index is 1.82. The molecule has 162 valence electrons. The number of nitrogens with zero attached hydrogens (tertiary/aromatic N) is 2. The first kappa shape index (κ1) is 21.4. The average Bonchev–Trinajstić information content (AvgIpc) is 3.22. The second-order valence-corrected chi connectivity index (χ2v) is 8.74. The molecule has 0 unspecified atom stereocenters. The number of halogens is 1. The van der Waals surface area contributed by atoms with Crippen LogP contribution in [0.4, 0.5) is 0 Å². The lowest BCUT2D eigenvalue weighted by Gasteiger charge is -2.26. The number of amides is 1. The van der Waals surface area contributed by atoms with Gasteiger partial charge in [0, 0.05) is 30.1 Å². The molecular formula is C24H25ClN2O4. The van der Waals surface area contributed by atoms with Crippen molar-refractivity contribution >= 4 is 29.1 Å². The fourth-order valence-corrected chi connectivity index (χ4v) is 4.37. The molecule has 4 rings (SSSR count). The van der Waals surface area contributed by atoms with E-state index in [1.54, 1.807) is 30.3 Å². The van der Waals surface area contributed by atoms with Crippen molar-refractivity contribution in [3.05, 3.63) is 69.8 Å². The van der Waals surface area contributed by atoms with E-state index in [0.717, 1.165) is 17.7 Å². The van der Waals surface area contributed by atoms with Crippen LogP contribution in [0.2, 0.25) is 5.02 Å². The van der Waals surface area contributed by atoms with E-state index in [4.69, 9.17) is 16.3 Å². The van der Waals surface area contributed by atoms with E-state index in [1.807, 2.05) is 38.1 Å². The number of fused-ring (bicyclic) bond motifs is 1. The van der Waals surface area contributed by atoms with Gasteiger partial charge in [-0.25, -0.2) is 0 Å². The normalized spacial score (nSPS) is 22.2. The van der Waals surface area contributed by atoms with Crippen LogP contribution in [0.1, 0.15) is 29.7 Å². The number of aliphatic hydroxyl groups excluding tert-OH is 1. The molecule has 1 fully saturated rings. The Labute approximate surface area is 186 Å². The lowest BCUT2D eigenvalue weighted by molar-refractivity contribution is -0.140. The van der Waals surface area contributed by atoms with Crippen molar-refractivity contribution < 1.29 is 19.4 Å². The van der Waals surface area contributed by atoms with Crippen molar-refractivity contribution in [1.29, 1.82) is 0 Å². The van der Waals surface area contributed by atoms with Gasteiger partial charge < -0.3 is 19.6 Å². The van der Waals surface area contributed by atoms with Crippen molar-refractivity contribution in [2.24, 2.45) is 0 Å². The van der Waals surface area contributed by atoms with E-state index in [-0.39, 0.29) is 17.4 Å². The summed E-state index contributed by atoms with van der Waals surface area (Å²) in [6.45, 7) is 2.91. The van der Waals surface area contributed by atoms with Crippen molar-refractivity contribution in [3.63, 3.8) is 0 Å². The fraction of sp³-hybridized carbons (Fsp3) is 0.333. The van der Waals surface area contributed by atoms with E-state index in [1.165, 1.54) is 4.90 Å². The summed E-state index contributed by atoms with van der Waals surface area (Å²) in [6.07, 6.45) is 0.793. The van der Waals surface area contributed by atoms with Crippen LogP contribution in [0, 0.1) is 0 Å². The third kappa shape index (κ3) is 4.05. The van der Waals surface area contributed by atoms with Crippen LogP contribution in [0.3, 0.4) is 0 Å². The second-order valence-electron chi connectivity index (χ2n) is 8.31. The summed E-state index contributed by atoms with van der Waals surface area (Å²) in [4.78, 5) is 29.4. The first-order valence-corrected chi connectivity index (χ1v) is 10.6. The summed E-state index contributed by atoms with van der Waals surface area (Å²) >= 11 is 6.20. The number of hydrogen-bond donors (Lipinski definition) is 1. The first-order chi connectivity index (χ1) is 14.8. The molecule has 31 heavy (non-hydrogen) atoms. The maximum Gasteiger partial charge on any atom is 0.295 e. The fourth-order valence-electron chi connectivity index (χ4n) is 4.17. The summed E-state index contributed by atoms with van der Waals surface area (Å²) < 4.78 is 5.73. The van der Waals surface area contributed by atoms with Gasteiger partial charge in [-0.05, 0) is 62.5 Å². The minimum absolute atomic E-state index is 0.0653. The van der Waals surface area contributed by atoms with Crippen molar-refractivity contribution in [3.8, 4) is 5.75 Å². The molecule has 0 radical (unpaired) electrons. The molecule has 1 amide bonds. The highest BCUT2D eigenvalue weighted by molar-refractivity contribution is 6.46. The highest BCUT2D eigenvalue weighted by Gasteiger charge is 2.46. The second kappa shape index (κ2) is 8.36. The predicted octanol–water partition coefficient (Wildman–Crippen LogP) is 3.65. The Kier molecular flexibility index (Phi) is 5.77. The SMILES string of the molecule is C[C@@H]1Cc2cc(C(O)=C3C(=O)C(=O)N(CCN(C)C)[C@@H]3c3cccc(Cl)c3)ccc2O1. The number of benzene rings is 2. The lowest BCUT2D eigenvalue weighted by atomic mass is 9.94. The number of likely N-dealkylation sites (tertiary alicyclic amines) is 1. The molecule has 2 heterocycles. The number of carbonyl (C=O) groups is 2. The third-order valence-corrected chi connectivity index (χ3v) is 5.90. The van der Waals surface area contributed by atoms with Gasteiger partial charge >= 0.3 is 0 Å². The van der Waals surface area contributed by atoms with Crippen LogP contribution in [0.5, 0.6) is 5.75 Å². The number of aliphatic hydroxyl groups is 1. The Morgan fingerprint density at radius 3 is 2.71 bits per heavy atom. The molecule has 2 atom stereocenters. The van der Waals surface area contributed by atoms with E-state index >= 15 is 0 Å². The van der Waals surface area contributed by atoms with Crippen molar-refractivity contribution in [2.45, 2.75) is 25.5 Å². The van der Waals surface area contributed by atoms with Gasteiger partial charge in [-0.15, -0.1) is 0 Å². The van der Waals surface area contributed by atoms with E-state index < -0.39 is 17.7 Å². The van der Waals surface area contributed by atoms with Crippen LogP contribution in [0.25, 0.3) is 5.76 Å². The zero-order chi connectivity index (χ0) is 22.3. The third-order valence-electron chi connectivity index (χ3n) is 5.66. The summed E-state index contributed by atoms with van der Waals surface area (Å²) in [6, 6.07) is 11.7. The number of hydrogen-bond acceptors (Lipinski definition) is 5. The quantitative estimate of drug-likeness (QED) is 0.436. The molecule has 1 N–H and O–H groups in total. The van der Waals surface area contributed by atoms with Gasteiger partial charge in [0.25, 0.3) is 11.7 Å². The predicted molar refractivity (Wildman–Crippen MR) is 119 cm³/mol. The summed E-state index contributed by atoms with van der Waals surface area (Å²) in [5, 5.41) is 11.7. The Hall–Kier alpha value is -2.83. The first-order valence-electron chi connectivity index (χ1n) is 10.2.